The van der Waals surface area contributed by atoms with E-state index >= 15 is 0 Å². The van der Waals surface area contributed by atoms with Gasteiger partial charge in [0.1, 0.15) is 5.15 Å². The standard InChI is InChI=1S/C9H9ClF2N2O2/c10-8-5(2-7(15)16)6(9(11)12)1-4(3-13)14-8/h1,9H,2-3,13H2,(H,15,16). The number of aliphatic carboxylic acids is 1. The highest BCUT2D eigenvalue weighted by molar-refractivity contribution is 6.30. The van der Waals surface area contributed by atoms with Gasteiger partial charge >= 0.3 is 5.97 Å². The Labute approximate surface area is 95.0 Å². The number of pyridine rings is 1. The number of carbonyl (C=O) groups is 1. The number of nitrogens with zero attached hydrogens (tertiary/aromatic N) is 1. The molecule has 0 radical (unpaired) electrons. The topological polar surface area (TPSA) is 76.2 Å². The average Bonchev–Trinajstić information content (AvgIpc) is 2.19. The van der Waals surface area contributed by atoms with Gasteiger partial charge in [-0.2, -0.15) is 0 Å². The predicted octanol–water partition coefficient (Wildman–Crippen LogP) is 1.76. The summed E-state index contributed by atoms with van der Waals surface area (Å²) in [5, 5.41) is 8.33. The van der Waals surface area contributed by atoms with Crippen LogP contribution in [0.3, 0.4) is 0 Å². The number of carboxylic acid groups (broad SMARTS) is 1. The normalized spacial score (nSPS) is 10.8. The second kappa shape index (κ2) is 5.18. The number of hydrogen-bond acceptors (Lipinski definition) is 3. The summed E-state index contributed by atoms with van der Waals surface area (Å²) >= 11 is 5.64. The Morgan fingerprint density at radius 2 is 2.25 bits per heavy atom. The van der Waals surface area contributed by atoms with E-state index in [9.17, 15) is 13.6 Å². The molecule has 0 unspecified atom stereocenters. The Morgan fingerprint density at radius 3 is 2.69 bits per heavy atom. The Bertz CT molecular complexity index is 413. The Hall–Kier alpha value is -1.27. The van der Waals surface area contributed by atoms with Crippen molar-refractivity contribution in [2.24, 2.45) is 5.73 Å². The van der Waals surface area contributed by atoms with Crippen LogP contribution in [0.5, 0.6) is 0 Å². The molecule has 7 heteroatoms. The van der Waals surface area contributed by atoms with E-state index in [0.717, 1.165) is 6.07 Å². The molecule has 0 aliphatic carbocycles. The number of nitrogens with two attached hydrogens (primary N) is 1. The van der Waals surface area contributed by atoms with Crippen LogP contribution in [-0.4, -0.2) is 16.1 Å². The monoisotopic (exact) mass is 250 g/mol. The van der Waals surface area contributed by atoms with Gasteiger partial charge in [0.15, 0.2) is 0 Å². The average molecular weight is 251 g/mol. The maximum Gasteiger partial charge on any atom is 0.307 e. The fourth-order valence-corrected chi connectivity index (χ4v) is 1.52. The largest absolute Gasteiger partial charge is 0.481 e. The molecular weight excluding hydrogens is 242 g/mol. The lowest BCUT2D eigenvalue weighted by atomic mass is 10.1. The van der Waals surface area contributed by atoms with Crippen molar-refractivity contribution in [1.29, 1.82) is 0 Å². The third-order valence-corrected chi connectivity index (χ3v) is 2.25. The Morgan fingerprint density at radius 1 is 1.62 bits per heavy atom. The number of aromatic nitrogens is 1. The molecule has 88 valence electrons. The first-order valence-electron chi connectivity index (χ1n) is 4.34. The van der Waals surface area contributed by atoms with Crippen molar-refractivity contribution < 1.29 is 18.7 Å². The Kier molecular flexibility index (Phi) is 4.14. The third-order valence-electron chi connectivity index (χ3n) is 1.93. The van der Waals surface area contributed by atoms with Crippen molar-refractivity contribution in [3.63, 3.8) is 0 Å². The zero-order valence-corrected chi connectivity index (χ0v) is 8.84. The van der Waals surface area contributed by atoms with Gasteiger partial charge in [0.05, 0.1) is 12.1 Å². The minimum Gasteiger partial charge on any atom is -0.481 e. The third kappa shape index (κ3) is 2.86. The molecule has 0 aromatic carbocycles. The highest BCUT2D eigenvalue weighted by atomic mass is 35.5. The van der Waals surface area contributed by atoms with Crippen LogP contribution in [0.1, 0.15) is 23.2 Å². The van der Waals surface area contributed by atoms with Crippen LogP contribution in [0.4, 0.5) is 8.78 Å². The van der Waals surface area contributed by atoms with Gasteiger partial charge < -0.3 is 10.8 Å². The summed E-state index contributed by atoms with van der Waals surface area (Å²) in [4.78, 5) is 14.2. The van der Waals surface area contributed by atoms with E-state index < -0.39 is 24.4 Å². The molecule has 3 N–H and O–H groups in total. The van der Waals surface area contributed by atoms with E-state index in [4.69, 9.17) is 22.4 Å². The highest BCUT2D eigenvalue weighted by Crippen LogP contribution is 2.28. The quantitative estimate of drug-likeness (QED) is 0.799. The molecule has 0 aliphatic rings. The van der Waals surface area contributed by atoms with E-state index in [1.165, 1.54) is 0 Å². The predicted molar refractivity (Wildman–Crippen MR) is 53.4 cm³/mol. The summed E-state index contributed by atoms with van der Waals surface area (Å²) in [5.74, 6) is -1.24. The molecule has 16 heavy (non-hydrogen) atoms. The summed E-state index contributed by atoms with van der Waals surface area (Å²) < 4.78 is 25.3. The minimum atomic E-state index is -2.81. The summed E-state index contributed by atoms with van der Waals surface area (Å²) in [7, 11) is 0. The van der Waals surface area contributed by atoms with Crippen LogP contribution < -0.4 is 5.73 Å². The van der Waals surface area contributed by atoms with Crippen LogP contribution >= 0.6 is 11.6 Å². The van der Waals surface area contributed by atoms with Crippen molar-refractivity contribution in [2.45, 2.75) is 19.4 Å². The van der Waals surface area contributed by atoms with Crippen molar-refractivity contribution >= 4 is 17.6 Å². The van der Waals surface area contributed by atoms with Gasteiger partial charge in [-0.3, -0.25) is 4.79 Å². The second-order valence-corrected chi connectivity index (χ2v) is 3.41. The van der Waals surface area contributed by atoms with E-state index in [-0.39, 0.29) is 23.0 Å². The van der Waals surface area contributed by atoms with Crippen LogP contribution in [0.2, 0.25) is 5.15 Å². The smallest absolute Gasteiger partial charge is 0.307 e. The fraction of sp³-hybridized carbons (Fsp3) is 0.333. The first-order chi connectivity index (χ1) is 7.45. The molecule has 0 aliphatic heterocycles. The summed E-state index contributed by atoms with van der Waals surface area (Å²) in [6, 6.07) is 1.08. The molecule has 0 spiro atoms. The minimum absolute atomic E-state index is 0.0349. The van der Waals surface area contributed by atoms with Crippen LogP contribution in [0.15, 0.2) is 6.07 Å². The van der Waals surface area contributed by atoms with Crippen molar-refractivity contribution in [3.05, 3.63) is 28.0 Å². The molecule has 0 fully saturated rings. The van der Waals surface area contributed by atoms with Crippen molar-refractivity contribution in [3.8, 4) is 0 Å². The van der Waals surface area contributed by atoms with E-state index in [1.54, 1.807) is 0 Å². The number of alkyl halides is 2. The lowest BCUT2D eigenvalue weighted by Crippen LogP contribution is -2.09. The molecule has 4 nitrogen and oxygen atoms in total. The molecule has 0 saturated heterocycles. The molecule has 0 atom stereocenters. The molecule has 1 heterocycles. The van der Waals surface area contributed by atoms with Gasteiger partial charge in [-0.25, -0.2) is 13.8 Å². The van der Waals surface area contributed by atoms with Gasteiger partial charge in [0.2, 0.25) is 0 Å². The molecule has 1 aromatic heterocycles. The lowest BCUT2D eigenvalue weighted by molar-refractivity contribution is -0.136. The maximum atomic E-state index is 12.7. The molecule has 0 saturated carbocycles. The zero-order chi connectivity index (χ0) is 12.3. The van der Waals surface area contributed by atoms with Gasteiger partial charge in [-0.05, 0) is 6.07 Å². The van der Waals surface area contributed by atoms with E-state index in [0.29, 0.717) is 0 Å². The fourth-order valence-electron chi connectivity index (χ4n) is 1.24. The van der Waals surface area contributed by atoms with Crippen LogP contribution in [0, 0.1) is 0 Å². The SMILES string of the molecule is NCc1cc(C(F)F)c(CC(=O)O)c(Cl)n1. The van der Waals surface area contributed by atoms with E-state index in [2.05, 4.69) is 4.98 Å². The summed E-state index contributed by atoms with van der Waals surface area (Å²) in [6.07, 6.45) is -3.39. The molecule has 0 amide bonds. The van der Waals surface area contributed by atoms with Gasteiger partial charge in [0.25, 0.3) is 6.43 Å². The second-order valence-electron chi connectivity index (χ2n) is 3.05. The lowest BCUT2D eigenvalue weighted by Gasteiger charge is -2.10. The molecule has 1 aromatic rings. The molecular formula is C9H9ClF2N2O2. The zero-order valence-electron chi connectivity index (χ0n) is 8.08. The number of rotatable bonds is 4. The number of hydrogen-bond donors (Lipinski definition) is 2. The van der Waals surface area contributed by atoms with Gasteiger partial charge in [0, 0.05) is 17.7 Å². The molecule has 0 bridgehead atoms. The summed E-state index contributed by atoms with van der Waals surface area (Å²) in [5.41, 5.74) is 4.87. The highest BCUT2D eigenvalue weighted by Gasteiger charge is 2.20. The number of halogens is 3. The van der Waals surface area contributed by atoms with Crippen LogP contribution in [-0.2, 0) is 17.8 Å². The maximum absolute atomic E-state index is 12.7. The van der Waals surface area contributed by atoms with Crippen molar-refractivity contribution in [2.75, 3.05) is 0 Å². The van der Waals surface area contributed by atoms with Gasteiger partial charge in [-0.15, -0.1) is 0 Å². The first kappa shape index (κ1) is 12.8. The Balaban J connectivity index is 3.27. The summed E-state index contributed by atoms with van der Waals surface area (Å²) in [6.45, 7) is -0.0349. The number of carboxylic acids is 1. The van der Waals surface area contributed by atoms with Gasteiger partial charge in [-0.1, -0.05) is 11.6 Å². The first-order valence-corrected chi connectivity index (χ1v) is 4.71. The van der Waals surface area contributed by atoms with Crippen LogP contribution in [0.25, 0.3) is 0 Å². The molecule has 1 rings (SSSR count). The van der Waals surface area contributed by atoms with Crippen molar-refractivity contribution in [1.82, 2.24) is 4.98 Å². The van der Waals surface area contributed by atoms with E-state index in [1.807, 2.05) is 0 Å².